The number of hydrogen-bond donors (Lipinski definition) is 1. The van der Waals surface area contributed by atoms with Crippen molar-refractivity contribution in [2.75, 3.05) is 10.7 Å². The van der Waals surface area contributed by atoms with E-state index in [2.05, 4.69) is 23.2 Å². The van der Waals surface area contributed by atoms with E-state index in [4.69, 9.17) is 5.84 Å². The van der Waals surface area contributed by atoms with Crippen molar-refractivity contribution in [1.29, 1.82) is 0 Å². The van der Waals surface area contributed by atoms with E-state index >= 15 is 0 Å². The number of para-hydroxylation sites is 1. The van der Waals surface area contributed by atoms with E-state index in [1.54, 1.807) is 11.3 Å². The molecule has 2 N–H and O–H groups in total. The third kappa shape index (κ3) is 2.89. The molecule has 0 fully saturated rings. The zero-order chi connectivity index (χ0) is 18.3. The molecule has 2 aromatic heterocycles. The van der Waals surface area contributed by atoms with Crippen LogP contribution in [0.1, 0.15) is 19.4 Å². The molecule has 8 heteroatoms. The third-order valence-corrected chi connectivity index (χ3v) is 6.39. The molecule has 0 radical (unpaired) electrons. The largest absolute Gasteiger partial charge is 0.335 e. The van der Waals surface area contributed by atoms with Crippen molar-refractivity contribution in [2.45, 2.75) is 36.7 Å². The SMILES string of the molecule is C[C@H](Sc1nnc(-c2cccs2)n1N)C(=O)N1c2ccccc2C[C@H]1C. The second-order valence-electron chi connectivity index (χ2n) is 6.30. The van der Waals surface area contributed by atoms with Gasteiger partial charge in [0, 0.05) is 11.7 Å². The summed E-state index contributed by atoms with van der Waals surface area (Å²) >= 11 is 2.89. The zero-order valence-corrected chi connectivity index (χ0v) is 16.1. The predicted molar refractivity (Wildman–Crippen MR) is 106 cm³/mol. The van der Waals surface area contributed by atoms with Crippen LogP contribution < -0.4 is 10.7 Å². The lowest BCUT2D eigenvalue weighted by Crippen LogP contribution is -2.40. The van der Waals surface area contributed by atoms with Crippen LogP contribution in [0.2, 0.25) is 0 Å². The highest BCUT2D eigenvalue weighted by molar-refractivity contribution is 8.00. The van der Waals surface area contributed by atoms with Crippen LogP contribution in [0.3, 0.4) is 0 Å². The third-order valence-electron chi connectivity index (χ3n) is 4.48. The molecule has 4 rings (SSSR count). The van der Waals surface area contributed by atoms with Gasteiger partial charge < -0.3 is 10.7 Å². The molecule has 0 saturated carbocycles. The minimum Gasteiger partial charge on any atom is -0.335 e. The molecule has 1 aromatic carbocycles. The Kier molecular flexibility index (Phi) is 4.46. The van der Waals surface area contributed by atoms with Gasteiger partial charge in [-0.1, -0.05) is 36.0 Å². The number of aromatic nitrogens is 3. The Morgan fingerprint density at radius 2 is 2.12 bits per heavy atom. The number of anilines is 1. The fraction of sp³-hybridized carbons (Fsp3) is 0.278. The zero-order valence-electron chi connectivity index (χ0n) is 14.5. The molecule has 0 aliphatic carbocycles. The van der Waals surface area contributed by atoms with Crippen molar-refractivity contribution in [3.05, 3.63) is 47.3 Å². The minimum atomic E-state index is -0.314. The molecule has 2 atom stereocenters. The number of thiophene rings is 1. The van der Waals surface area contributed by atoms with Crippen molar-refractivity contribution >= 4 is 34.7 Å². The van der Waals surface area contributed by atoms with E-state index in [0.717, 1.165) is 17.0 Å². The standard InChI is InChI=1S/C18H19N5OS2/c1-11-10-13-6-3-4-7-14(13)22(11)17(24)12(2)26-18-21-20-16(23(18)19)15-8-5-9-25-15/h3-9,11-12H,10,19H2,1-2H3/t11-,12+/m1/s1. The quantitative estimate of drug-likeness (QED) is 0.551. The van der Waals surface area contributed by atoms with E-state index in [0.29, 0.717) is 11.0 Å². The molecule has 1 aliphatic rings. The lowest BCUT2D eigenvalue weighted by Gasteiger charge is -2.25. The fourth-order valence-corrected chi connectivity index (χ4v) is 4.76. The maximum absolute atomic E-state index is 13.1. The Labute approximate surface area is 160 Å². The summed E-state index contributed by atoms with van der Waals surface area (Å²) in [4.78, 5) is 15.9. The summed E-state index contributed by atoms with van der Waals surface area (Å²) in [5, 5.41) is 10.5. The number of nitrogen functional groups attached to an aromatic ring is 1. The smallest absolute Gasteiger partial charge is 0.240 e. The number of nitrogens with two attached hydrogens (primary N) is 1. The number of hydrogen-bond acceptors (Lipinski definition) is 6. The number of nitrogens with zero attached hydrogens (tertiary/aromatic N) is 4. The lowest BCUT2D eigenvalue weighted by atomic mass is 10.1. The maximum atomic E-state index is 13.1. The van der Waals surface area contributed by atoms with Crippen LogP contribution in [0.15, 0.2) is 46.9 Å². The van der Waals surface area contributed by atoms with Crippen LogP contribution in [0.4, 0.5) is 5.69 Å². The molecule has 1 amide bonds. The molecule has 0 saturated heterocycles. The topological polar surface area (TPSA) is 77.0 Å². The normalized spacial score (nSPS) is 17.3. The highest BCUT2D eigenvalue weighted by atomic mass is 32.2. The molecule has 1 aliphatic heterocycles. The van der Waals surface area contributed by atoms with Gasteiger partial charge in [0.05, 0.1) is 10.1 Å². The van der Waals surface area contributed by atoms with Gasteiger partial charge in [0.1, 0.15) is 0 Å². The van der Waals surface area contributed by atoms with E-state index in [1.807, 2.05) is 47.5 Å². The Bertz CT molecular complexity index is 937. The van der Waals surface area contributed by atoms with Crippen LogP contribution in [0.25, 0.3) is 10.7 Å². The van der Waals surface area contributed by atoms with E-state index in [-0.39, 0.29) is 17.2 Å². The number of carbonyl (C=O) groups excluding carboxylic acids is 1. The summed E-state index contributed by atoms with van der Waals surface area (Å²) < 4.78 is 1.46. The highest BCUT2D eigenvalue weighted by Crippen LogP contribution is 2.35. The number of rotatable bonds is 4. The molecule has 6 nitrogen and oxygen atoms in total. The van der Waals surface area contributed by atoms with Gasteiger partial charge in [-0.05, 0) is 43.3 Å². The predicted octanol–water partition coefficient (Wildman–Crippen LogP) is 3.18. The molecule has 134 valence electrons. The first-order chi connectivity index (χ1) is 12.6. The summed E-state index contributed by atoms with van der Waals surface area (Å²) in [6.07, 6.45) is 0.884. The lowest BCUT2D eigenvalue weighted by molar-refractivity contribution is -0.118. The summed E-state index contributed by atoms with van der Waals surface area (Å²) in [5.74, 6) is 6.83. The van der Waals surface area contributed by atoms with E-state index < -0.39 is 0 Å². The van der Waals surface area contributed by atoms with Crippen molar-refractivity contribution in [1.82, 2.24) is 14.9 Å². The summed E-state index contributed by atoms with van der Waals surface area (Å²) in [5.41, 5.74) is 2.22. The van der Waals surface area contributed by atoms with E-state index in [1.165, 1.54) is 22.0 Å². The van der Waals surface area contributed by atoms with Gasteiger partial charge in [-0.2, -0.15) is 0 Å². The second-order valence-corrected chi connectivity index (χ2v) is 8.56. The fourth-order valence-electron chi connectivity index (χ4n) is 3.24. The van der Waals surface area contributed by atoms with Crippen LogP contribution in [-0.4, -0.2) is 32.1 Å². The first kappa shape index (κ1) is 17.1. The molecule has 0 spiro atoms. The average Bonchev–Trinajstić information content (AvgIpc) is 3.33. The summed E-state index contributed by atoms with van der Waals surface area (Å²) in [6, 6.07) is 12.1. The average molecular weight is 386 g/mol. The van der Waals surface area contributed by atoms with Gasteiger partial charge >= 0.3 is 0 Å². The highest BCUT2D eigenvalue weighted by Gasteiger charge is 2.34. The number of fused-ring (bicyclic) bond motifs is 1. The number of thioether (sulfide) groups is 1. The summed E-state index contributed by atoms with van der Waals surface area (Å²) in [6.45, 7) is 3.97. The van der Waals surface area contributed by atoms with Crippen molar-refractivity contribution in [3.63, 3.8) is 0 Å². The number of benzene rings is 1. The maximum Gasteiger partial charge on any atom is 0.240 e. The Morgan fingerprint density at radius 1 is 1.31 bits per heavy atom. The van der Waals surface area contributed by atoms with Gasteiger partial charge in [-0.3, -0.25) is 4.79 Å². The van der Waals surface area contributed by atoms with Crippen molar-refractivity contribution in [2.24, 2.45) is 0 Å². The molecular formula is C18H19N5OS2. The van der Waals surface area contributed by atoms with Crippen LogP contribution >= 0.6 is 23.1 Å². The van der Waals surface area contributed by atoms with Gasteiger partial charge in [0.2, 0.25) is 11.1 Å². The van der Waals surface area contributed by atoms with Gasteiger partial charge in [0.15, 0.2) is 5.82 Å². The number of carbonyl (C=O) groups is 1. The number of amides is 1. The second kappa shape index (κ2) is 6.77. The van der Waals surface area contributed by atoms with Gasteiger partial charge in [-0.25, -0.2) is 4.68 Å². The molecule has 3 heterocycles. The van der Waals surface area contributed by atoms with Crippen LogP contribution in [-0.2, 0) is 11.2 Å². The minimum absolute atomic E-state index is 0.0631. The first-order valence-corrected chi connectivity index (χ1v) is 10.1. The Morgan fingerprint density at radius 3 is 2.88 bits per heavy atom. The van der Waals surface area contributed by atoms with Crippen LogP contribution in [0.5, 0.6) is 0 Å². The van der Waals surface area contributed by atoms with Gasteiger partial charge in [-0.15, -0.1) is 21.5 Å². The van der Waals surface area contributed by atoms with Gasteiger partial charge in [0.25, 0.3) is 0 Å². The molecule has 3 aromatic rings. The Hall–Kier alpha value is -2.32. The van der Waals surface area contributed by atoms with Crippen molar-refractivity contribution < 1.29 is 4.79 Å². The molecule has 0 bridgehead atoms. The Balaban J connectivity index is 1.54. The molecule has 0 unspecified atom stereocenters. The monoisotopic (exact) mass is 385 g/mol. The molecule has 26 heavy (non-hydrogen) atoms. The van der Waals surface area contributed by atoms with Crippen molar-refractivity contribution in [3.8, 4) is 10.7 Å². The first-order valence-electron chi connectivity index (χ1n) is 8.38. The van der Waals surface area contributed by atoms with E-state index in [9.17, 15) is 4.79 Å². The van der Waals surface area contributed by atoms with Crippen LogP contribution in [0, 0.1) is 0 Å². The molecular weight excluding hydrogens is 366 g/mol. The summed E-state index contributed by atoms with van der Waals surface area (Å²) in [7, 11) is 0.